The summed E-state index contributed by atoms with van der Waals surface area (Å²) in [5, 5.41) is 14.0. The molecule has 7 nitrogen and oxygen atoms in total. The van der Waals surface area contributed by atoms with Gasteiger partial charge in [-0.1, -0.05) is 23.2 Å². The van der Waals surface area contributed by atoms with E-state index in [9.17, 15) is 18.3 Å². The summed E-state index contributed by atoms with van der Waals surface area (Å²) in [7, 11) is -0.704. The zero-order valence-corrected chi connectivity index (χ0v) is 16.5. The number of methoxy groups -OCH3 is 1. The Bertz CT molecular complexity index is 1030. The second-order valence-electron chi connectivity index (χ2n) is 6.03. The van der Waals surface area contributed by atoms with Gasteiger partial charge in [0, 0.05) is 25.3 Å². The smallest absolute Gasteiger partial charge is 0.220 e. The van der Waals surface area contributed by atoms with Gasteiger partial charge in [-0.25, -0.2) is 13.1 Å². The van der Waals surface area contributed by atoms with Crippen LogP contribution in [-0.4, -0.2) is 42.0 Å². The van der Waals surface area contributed by atoms with Crippen LogP contribution in [0.4, 0.5) is 0 Å². The molecule has 1 aromatic carbocycles. The third-order valence-corrected chi connectivity index (χ3v) is 7.09. The Kier molecular flexibility index (Phi) is 4.81. The summed E-state index contributed by atoms with van der Waals surface area (Å²) in [6.07, 6.45) is -0.397. The molecule has 0 spiro atoms. The van der Waals surface area contributed by atoms with Crippen molar-refractivity contribution >= 4 is 38.8 Å². The highest BCUT2D eigenvalue weighted by molar-refractivity contribution is 7.91. The number of ether oxygens (including phenoxy) is 1. The van der Waals surface area contributed by atoms with E-state index in [0.29, 0.717) is 5.69 Å². The van der Waals surface area contributed by atoms with Crippen molar-refractivity contribution in [3.05, 3.63) is 38.5 Å². The van der Waals surface area contributed by atoms with Crippen LogP contribution in [0.5, 0.6) is 5.88 Å². The Morgan fingerprint density at radius 3 is 2.62 bits per heavy atom. The normalized spacial score (nSPS) is 18.6. The Morgan fingerprint density at radius 1 is 1.42 bits per heavy atom. The molecule has 1 unspecified atom stereocenters. The van der Waals surface area contributed by atoms with Crippen molar-refractivity contribution in [2.24, 2.45) is 7.05 Å². The lowest BCUT2D eigenvalue weighted by atomic mass is 9.97. The molecule has 0 saturated carbocycles. The van der Waals surface area contributed by atoms with E-state index in [4.69, 9.17) is 27.9 Å². The third-order valence-electron chi connectivity index (χ3n) is 4.44. The first kappa shape index (κ1) is 19.2. The molecule has 1 aromatic heterocycles. The maximum atomic E-state index is 13.0. The number of ketones is 1. The Morgan fingerprint density at radius 2 is 2.08 bits per heavy atom. The average Bonchev–Trinajstić information content (AvgIpc) is 2.82. The maximum absolute atomic E-state index is 13.0. The molecule has 0 bridgehead atoms. The fraction of sp³-hybridized carbons (Fsp3) is 0.375. The highest BCUT2D eigenvalue weighted by Gasteiger charge is 2.37. The molecule has 0 saturated heterocycles. The summed E-state index contributed by atoms with van der Waals surface area (Å²) in [5.41, 5.74) is 0.465. The van der Waals surface area contributed by atoms with Gasteiger partial charge in [-0.2, -0.15) is 5.10 Å². The average molecular weight is 419 g/mol. The van der Waals surface area contributed by atoms with Crippen molar-refractivity contribution in [1.29, 1.82) is 0 Å². The zero-order chi connectivity index (χ0) is 19.4. The highest BCUT2D eigenvalue weighted by Crippen LogP contribution is 2.44. The van der Waals surface area contributed by atoms with Crippen LogP contribution in [0.15, 0.2) is 11.0 Å². The molecular formula is C16H16Cl2N2O5S. The molecule has 2 aromatic rings. The Labute approximate surface area is 160 Å². The van der Waals surface area contributed by atoms with Crippen molar-refractivity contribution in [3.8, 4) is 5.88 Å². The van der Waals surface area contributed by atoms with Gasteiger partial charge in [0.25, 0.3) is 0 Å². The number of rotatable bonds is 3. The standard InChI is InChI=1S/C16H16Cl2N2O5S/c1-7-11(16(22)20(2)19-7)14(21)8-6-9(17)15-12(13(8)18)10(25-3)4-5-26(15,23)24/h6,10,22H,4-5H2,1-3H3. The first-order valence-electron chi connectivity index (χ1n) is 7.64. The summed E-state index contributed by atoms with van der Waals surface area (Å²) in [6.45, 7) is 1.57. The van der Waals surface area contributed by atoms with Crippen molar-refractivity contribution in [2.45, 2.75) is 24.3 Å². The number of aryl methyl sites for hydroxylation is 2. The number of benzene rings is 1. The van der Waals surface area contributed by atoms with Crippen LogP contribution in [-0.2, 0) is 21.6 Å². The lowest BCUT2D eigenvalue weighted by molar-refractivity contribution is 0.0959. The topological polar surface area (TPSA) is 98.5 Å². The van der Waals surface area contributed by atoms with Crippen LogP contribution in [0.2, 0.25) is 10.0 Å². The lowest BCUT2D eigenvalue weighted by Crippen LogP contribution is -2.23. The number of halogens is 2. The fourth-order valence-corrected chi connectivity index (χ4v) is 5.82. The van der Waals surface area contributed by atoms with Crippen molar-refractivity contribution in [1.82, 2.24) is 9.78 Å². The summed E-state index contributed by atoms with van der Waals surface area (Å²) < 4.78 is 31.4. The monoisotopic (exact) mass is 418 g/mol. The molecule has 3 rings (SSSR count). The summed E-state index contributed by atoms with van der Waals surface area (Å²) in [4.78, 5) is 12.9. The Hall–Kier alpha value is -1.61. The molecule has 26 heavy (non-hydrogen) atoms. The summed E-state index contributed by atoms with van der Waals surface area (Å²) >= 11 is 12.6. The van der Waals surface area contributed by atoms with Crippen LogP contribution in [0, 0.1) is 6.92 Å². The molecule has 1 aliphatic rings. The van der Waals surface area contributed by atoms with Crippen LogP contribution in [0.3, 0.4) is 0 Å². The molecule has 0 fully saturated rings. The minimum Gasteiger partial charge on any atom is -0.493 e. The number of hydrogen-bond acceptors (Lipinski definition) is 6. The number of fused-ring (bicyclic) bond motifs is 1. The Balaban J connectivity index is 2.29. The largest absolute Gasteiger partial charge is 0.493 e. The molecule has 0 radical (unpaired) electrons. The van der Waals surface area contributed by atoms with Crippen molar-refractivity contribution in [2.75, 3.05) is 12.9 Å². The molecule has 2 heterocycles. The first-order valence-corrected chi connectivity index (χ1v) is 10.1. The van der Waals surface area contributed by atoms with Gasteiger partial charge in [-0.15, -0.1) is 0 Å². The lowest BCUT2D eigenvalue weighted by Gasteiger charge is -2.27. The van der Waals surface area contributed by atoms with E-state index in [1.807, 2.05) is 0 Å². The fourth-order valence-electron chi connectivity index (χ4n) is 3.19. The van der Waals surface area contributed by atoms with E-state index in [1.165, 1.54) is 24.9 Å². The van der Waals surface area contributed by atoms with E-state index in [1.54, 1.807) is 6.92 Å². The maximum Gasteiger partial charge on any atom is 0.220 e. The highest BCUT2D eigenvalue weighted by atomic mass is 35.5. The van der Waals surface area contributed by atoms with E-state index in [-0.39, 0.29) is 49.7 Å². The number of aromatic hydroxyl groups is 1. The van der Waals surface area contributed by atoms with Crippen molar-refractivity contribution < 1.29 is 23.1 Å². The number of nitrogens with zero attached hydrogens (tertiary/aromatic N) is 2. The number of carbonyl (C=O) groups is 1. The van der Waals surface area contributed by atoms with Gasteiger partial charge in [0.2, 0.25) is 11.7 Å². The van der Waals surface area contributed by atoms with Gasteiger partial charge in [0.1, 0.15) is 5.56 Å². The third kappa shape index (κ3) is 2.81. The quantitative estimate of drug-likeness (QED) is 0.769. The molecule has 10 heteroatoms. The van der Waals surface area contributed by atoms with Gasteiger partial charge in [0.05, 0.1) is 32.5 Å². The van der Waals surface area contributed by atoms with Gasteiger partial charge in [-0.3, -0.25) is 4.79 Å². The van der Waals surface area contributed by atoms with E-state index >= 15 is 0 Å². The molecule has 0 amide bonds. The number of hydrogen-bond donors (Lipinski definition) is 1. The number of carbonyl (C=O) groups excluding carboxylic acids is 1. The van der Waals surface area contributed by atoms with Gasteiger partial charge in [-0.05, 0) is 19.4 Å². The van der Waals surface area contributed by atoms with Crippen LogP contribution in [0.1, 0.15) is 39.7 Å². The van der Waals surface area contributed by atoms with E-state index < -0.39 is 21.7 Å². The van der Waals surface area contributed by atoms with Gasteiger partial charge < -0.3 is 9.84 Å². The minimum atomic E-state index is -3.63. The molecule has 1 aliphatic heterocycles. The predicted molar refractivity (Wildman–Crippen MR) is 95.9 cm³/mol. The van der Waals surface area contributed by atoms with E-state index in [0.717, 1.165) is 0 Å². The molecular weight excluding hydrogens is 403 g/mol. The second kappa shape index (κ2) is 6.53. The van der Waals surface area contributed by atoms with Crippen molar-refractivity contribution in [3.63, 3.8) is 0 Å². The zero-order valence-electron chi connectivity index (χ0n) is 14.2. The number of aromatic nitrogens is 2. The number of sulfone groups is 1. The second-order valence-corrected chi connectivity index (χ2v) is 8.86. The van der Waals surface area contributed by atoms with Crippen LogP contribution >= 0.6 is 23.2 Å². The van der Waals surface area contributed by atoms with Gasteiger partial charge >= 0.3 is 0 Å². The molecule has 0 aliphatic carbocycles. The SMILES string of the molecule is COC1CCS(=O)(=O)c2c(Cl)cc(C(=O)c3c(C)nn(C)c3O)c(Cl)c21. The van der Waals surface area contributed by atoms with Crippen LogP contribution < -0.4 is 0 Å². The summed E-state index contributed by atoms with van der Waals surface area (Å²) in [5.74, 6) is -1.03. The van der Waals surface area contributed by atoms with Gasteiger partial charge in [0.15, 0.2) is 9.84 Å². The van der Waals surface area contributed by atoms with Crippen LogP contribution in [0.25, 0.3) is 0 Å². The van der Waals surface area contributed by atoms with E-state index in [2.05, 4.69) is 5.10 Å². The molecule has 1 atom stereocenters. The minimum absolute atomic E-state index is 0.0130. The summed E-state index contributed by atoms with van der Waals surface area (Å²) in [6, 6.07) is 1.21. The molecule has 1 N–H and O–H groups in total. The predicted octanol–water partition coefficient (Wildman–Crippen LogP) is 2.84. The first-order chi connectivity index (χ1) is 12.1. The molecule has 140 valence electrons.